The van der Waals surface area contributed by atoms with Crippen LogP contribution in [-0.4, -0.2) is 81.8 Å². The summed E-state index contributed by atoms with van der Waals surface area (Å²) >= 11 is 0. The molecule has 220 valence electrons. The van der Waals surface area contributed by atoms with E-state index in [2.05, 4.69) is 33.9 Å². The second-order valence-electron chi connectivity index (χ2n) is 13.3. The Morgan fingerprint density at radius 2 is 1.92 bits per heavy atom. The molecule has 3 fully saturated rings. The second-order valence-corrected chi connectivity index (χ2v) is 13.3. The Bertz CT molecular complexity index is 936. The highest BCUT2D eigenvalue weighted by Crippen LogP contribution is 2.59. The van der Waals surface area contributed by atoms with E-state index in [-0.39, 0.29) is 30.4 Å². The van der Waals surface area contributed by atoms with E-state index < -0.39 is 47.1 Å². The zero-order chi connectivity index (χ0) is 29.2. The van der Waals surface area contributed by atoms with Crippen LogP contribution in [0.1, 0.15) is 86.5 Å². The average molecular weight is 547 g/mol. The van der Waals surface area contributed by atoms with Gasteiger partial charge in [0.15, 0.2) is 0 Å². The minimum Gasteiger partial charge on any atom is -0.465 e. The normalized spacial score (nSPS) is 28.8. The van der Waals surface area contributed by atoms with Crippen LogP contribution in [0.2, 0.25) is 0 Å². The van der Waals surface area contributed by atoms with Crippen LogP contribution in [0.15, 0.2) is 25.3 Å². The number of ether oxygens (including phenoxy) is 2. The molecule has 2 amide bonds. The molecule has 2 unspecified atom stereocenters. The number of carbonyl (C=O) groups is 3. The highest BCUT2D eigenvalue weighted by molar-refractivity contribution is 5.98. The maximum absolute atomic E-state index is 14.6. The fourth-order valence-electron chi connectivity index (χ4n) is 7.41. The van der Waals surface area contributed by atoms with E-state index in [0.29, 0.717) is 25.8 Å². The largest absolute Gasteiger partial charge is 0.465 e. The van der Waals surface area contributed by atoms with Crippen LogP contribution in [0.3, 0.4) is 0 Å². The van der Waals surface area contributed by atoms with Gasteiger partial charge in [0.05, 0.1) is 37.2 Å². The minimum absolute atomic E-state index is 0.0465. The number of aliphatic hydroxyl groups is 1. The van der Waals surface area contributed by atoms with Crippen molar-refractivity contribution >= 4 is 17.8 Å². The molecule has 1 spiro atoms. The Morgan fingerprint density at radius 1 is 1.23 bits per heavy atom. The van der Waals surface area contributed by atoms with E-state index in [9.17, 15) is 19.5 Å². The molecule has 3 aliphatic rings. The van der Waals surface area contributed by atoms with Crippen molar-refractivity contribution in [2.45, 2.75) is 116 Å². The van der Waals surface area contributed by atoms with Crippen LogP contribution in [0.5, 0.6) is 0 Å². The highest BCUT2D eigenvalue weighted by atomic mass is 16.6. The van der Waals surface area contributed by atoms with Crippen molar-refractivity contribution in [3.8, 4) is 0 Å². The van der Waals surface area contributed by atoms with Gasteiger partial charge in [0.25, 0.3) is 0 Å². The van der Waals surface area contributed by atoms with Crippen molar-refractivity contribution in [1.82, 2.24) is 9.80 Å². The van der Waals surface area contributed by atoms with Crippen LogP contribution in [0.25, 0.3) is 0 Å². The Morgan fingerprint density at radius 3 is 2.49 bits per heavy atom. The van der Waals surface area contributed by atoms with Crippen molar-refractivity contribution in [2.24, 2.45) is 17.3 Å². The number of allylic oxidation sites excluding steroid dienone is 1. The summed E-state index contributed by atoms with van der Waals surface area (Å²) < 4.78 is 12.2. The molecule has 3 aliphatic heterocycles. The number of carbonyl (C=O) groups excluding carboxylic acids is 3. The lowest BCUT2D eigenvalue weighted by molar-refractivity contribution is -0.158. The van der Waals surface area contributed by atoms with Gasteiger partial charge in [-0.1, -0.05) is 39.8 Å². The zero-order valence-electron chi connectivity index (χ0n) is 24.9. The van der Waals surface area contributed by atoms with Crippen molar-refractivity contribution in [1.29, 1.82) is 0 Å². The Kier molecular flexibility index (Phi) is 9.75. The number of hydrogen-bond acceptors (Lipinski definition) is 6. The molecule has 3 rings (SSSR count). The number of rotatable bonds is 14. The first-order valence-electron chi connectivity index (χ1n) is 14.6. The number of hydrogen-bond donors (Lipinski definition) is 1. The average Bonchev–Trinajstić information content (AvgIpc) is 3.49. The second kappa shape index (κ2) is 12.1. The molecule has 3 saturated heterocycles. The summed E-state index contributed by atoms with van der Waals surface area (Å²) in [4.78, 5) is 45.5. The highest BCUT2D eigenvalue weighted by Gasteiger charge is 2.75. The number of esters is 1. The molecule has 6 atom stereocenters. The summed E-state index contributed by atoms with van der Waals surface area (Å²) in [6.07, 6.45) is 7.83. The number of unbranched alkanes of at least 4 members (excludes halogenated alkanes) is 2. The topological polar surface area (TPSA) is 96.4 Å². The van der Waals surface area contributed by atoms with E-state index in [1.165, 1.54) is 0 Å². The molecule has 1 N–H and O–H groups in total. The Balaban J connectivity index is 2.00. The maximum atomic E-state index is 14.6. The van der Waals surface area contributed by atoms with Crippen LogP contribution in [0, 0.1) is 17.3 Å². The molecule has 0 aliphatic carbocycles. The van der Waals surface area contributed by atoms with Gasteiger partial charge in [0.1, 0.15) is 11.6 Å². The first kappa shape index (κ1) is 31.3. The van der Waals surface area contributed by atoms with Gasteiger partial charge in [0, 0.05) is 12.1 Å². The van der Waals surface area contributed by atoms with Gasteiger partial charge in [-0.25, -0.2) is 0 Å². The van der Waals surface area contributed by atoms with Crippen LogP contribution in [-0.2, 0) is 23.9 Å². The van der Waals surface area contributed by atoms with E-state index in [1.807, 2.05) is 26.8 Å². The summed E-state index contributed by atoms with van der Waals surface area (Å²) in [6.45, 7) is 20.3. The fraction of sp³-hybridized carbons (Fsp3) is 0.774. The van der Waals surface area contributed by atoms with Gasteiger partial charge in [-0.15, -0.1) is 13.2 Å². The molecule has 0 saturated carbocycles. The molecular formula is C31H50N2O6. The third kappa shape index (κ3) is 5.97. The summed E-state index contributed by atoms with van der Waals surface area (Å²) in [5, 5.41) is 10.3. The lowest BCUT2D eigenvalue weighted by Gasteiger charge is -2.46. The summed E-state index contributed by atoms with van der Waals surface area (Å²) in [7, 11) is 0. The smallest absolute Gasteiger partial charge is 0.312 e. The van der Waals surface area contributed by atoms with Gasteiger partial charge >= 0.3 is 5.97 Å². The van der Waals surface area contributed by atoms with Crippen molar-refractivity contribution in [3.05, 3.63) is 25.3 Å². The Hall–Kier alpha value is -2.19. The molecule has 8 heteroatoms. The summed E-state index contributed by atoms with van der Waals surface area (Å²) in [5.74, 6) is -2.50. The van der Waals surface area contributed by atoms with Crippen LogP contribution >= 0.6 is 0 Å². The predicted molar refractivity (Wildman–Crippen MR) is 151 cm³/mol. The van der Waals surface area contributed by atoms with E-state index in [0.717, 1.165) is 25.7 Å². The lowest BCUT2D eigenvalue weighted by atomic mass is 9.70. The summed E-state index contributed by atoms with van der Waals surface area (Å²) in [6, 6.07) is -1.48. The molecule has 39 heavy (non-hydrogen) atoms. The van der Waals surface area contributed by atoms with Gasteiger partial charge in [-0.2, -0.15) is 0 Å². The SMILES string of the molecule is C=CCCCCOC(=O)[C@@H]1[C@@H]2CCC3(O2)C(C(=O)N(CC=C)C(C)(C)CC(C)(C)C)N([C@@H](CC)CO)C(=O)[C@H]13. The predicted octanol–water partition coefficient (Wildman–Crippen LogP) is 4.26. The number of aliphatic hydroxyl groups excluding tert-OH is 1. The zero-order valence-corrected chi connectivity index (χ0v) is 24.9. The molecule has 8 nitrogen and oxygen atoms in total. The first-order chi connectivity index (χ1) is 18.3. The molecule has 3 heterocycles. The van der Waals surface area contributed by atoms with Crippen molar-refractivity contribution in [2.75, 3.05) is 19.8 Å². The molecule has 0 radical (unpaired) electrons. The monoisotopic (exact) mass is 546 g/mol. The number of fused-ring (bicyclic) bond motifs is 1. The number of amides is 2. The van der Waals surface area contributed by atoms with Gasteiger partial charge in [-0.05, 0) is 64.2 Å². The third-order valence-corrected chi connectivity index (χ3v) is 8.64. The Labute approximate surface area is 234 Å². The van der Waals surface area contributed by atoms with Gasteiger partial charge < -0.3 is 24.4 Å². The lowest BCUT2D eigenvalue weighted by Crippen LogP contribution is -2.62. The quantitative estimate of drug-likeness (QED) is 0.199. The van der Waals surface area contributed by atoms with E-state index >= 15 is 0 Å². The fourth-order valence-corrected chi connectivity index (χ4v) is 7.41. The van der Waals surface area contributed by atoms with Crippen LogP contribution < -0.4 is 0 Å². The maximum Gasteiger partial charge on any atom is 0.312 e. The van der Waals surface area contributed by atoms with Gasteiger partial charge in [-0.3, -0.25) is 14.4 Å². The number of nitrogens with zero attached hydrogens (tertiary/aromatic N) is 2. The van der Waals surface area contributed by atoms with E-state index in [1.54, 1.807) is 15.9 Å². The standard InChI is InChI=1S/C31H50N2O6/c1-9-12-13-14-18-38-28(37)23-22-15-16-31(39-22)24(23)26(35)33(21(11-3)19-34)25(31)27(36)32(17-10-2)30(7,8)20-29(4,5)6/h9-10,21-25,34H,1-2,11-20H2,3-8H3/t21-,22-,23+,24-,25?,31?/m0/s1. The minimum atomic E-state index is -1.12. The van der Waals surface area contributed by atoms with Crippen molar-refractivity contribution in [3.63, 3.8) is 0 Å². The van der Waals surface area contributed by atoms with E-state index in [4.69, 9.17) is 9.47 Å². The van der Waals surface area contributed by atoms with Crippen molar-refractivity contribution < 1.29 is 29.0 Å². The molecule has 0 aromatic heterocycles. The molecule has 0 aromatic carbocycles. The van der Waals surface area contributed by atoms with Gasteiger partial charge in [0.2, 0.25) is 11.8 Å². The number of likely N-dealkylation sites (tertiary alicyclic amines) is 1. The third-order valence-electron chi connectivity index (χ3n) is 8.64. The molecular weight excluding hydrogens is 496 g/mol. The first-order valence-corrected chi connectivity index (χ1v) is 14.6. The molecule has 0 aromatic rings. The molecule has 2 bridgehead atoms. The summed E-state index contributed by atoms with van der Waals surface area (Å²) in [5.41, 5.74) is -1.70. The van der Waals surface area contributed by atoms with Crippen LogP contribution in [0.4, 0.5) is 0 Å².